The van der Waals surface area contributed by atoms with Crippen LogP contribution in [0, 0.1) is 5.92 Å². The Labute approximate surface area is 137 Å². The Kier molecular flexibility index (Phi) is 4.71. The molecule has 1 aliphatic rings. The lowest BCUT2D eigenvalue weighted by atomic mass is 9.86. The molecule has 3 rings (SSSR count). The van der Waals surface area contributed by atoms with Gasteiger partial charge in [0.25, 0.3) is 5.91 Å². The predicted octanol–water partition coefficient (Wildman–Crippen LogP) is 3.28. The van der Waals surface area contributed by atoms with Crippen molar-refractivity contribution in [2.24, 2.45) is 5.92 Å². The van der Waals surface area contributed by atoms with Gasteiger partial charge in [0.05, 0.1) is 6.10 Å². The maximum Gasteiger partial charge on any atom is 0.270 e. The van der Waals surface area contributed by atoms with E-state index in [-0.39, 0.29) is 17.9 Å². The SMILES string of the molecule is CCn1c(C(=O)N(C)CC2CCCCC2O)cc2ccccc21. The van der Waals surface area contributed by atoms with Crippen molar-refractivity contribution in [3.63, 3.8) is 0 Å². The highest BCUT2D eigenvalue weighted by Gasteiger charge is 2.27. The van der Waals surface area contributed by atoms with Gasteiger partial charge in [-0.05, 0) is 31.9 Å². The Morgan fingerprint density at radius 1 is 1.30 bits per heavy atom. The van der Waals surface area contributed by atoms with Crippen LogP contribution in [-0.4, -0.2) is 40.2 Å². The van der Waals surface area contributed by atoms with Crippen molar-refractivity contribution in [2.45, 2.75) is 45.3 Å². The second-order valence-corrected chi connectivity index (χ2v) is 6.63. The van der Waals surface area contributed by atoms with E-state index in [2.05, 4.69) is 17.6 Å². The van der Waals surface area contributed by atoms with Crippen LogP contribution in [0.4, 0.5) is 0 Å². The van der Waals surface area contributed by atoms with Crippen LogP contribution < -0.4 is 0 Å². The van der Waals surface area contributed by atoms with Gasteiger partial charge in [-0.25, -0.2) is 0 Å². The van der Waals surface area contributed by atoms with Gasteiger partial charge in [0, 0.05) is 37.0 Å². The van der Waals surface area contributed by atoms with Crippen molar-refractivity contribution in [3.05, 3.63) is 36.0 Å². The van der Waals surface area contributed by atoms with Crippen LogP contribution >= 0.6 is 0 Å². The Morgan fingerprint density at radius 3 is 2.78 bits per heavy atom. The Hall–Kier alpha value is -1.81. The number of aliphatic hydroxyl groups is 1. The van der Waals surface area contributed by atoms with E-state index < -0.39 is 0 Å². The van der Waals surface area contributed by atoms with Gasteiger partial charge in [0.2, 0.25) is 0 Å². The number of aromatic nitrogens is 1. The van der Waals surface area contributed by atoms with Gasteiger partial charge in [0.1, 0.15) is 5.69 Å². The molecule has 1 saturated carbocycles. The molecule has 0 spiro atoms. The lowest BCUT2D eigenvalue weighted by Crippen LogP contribution is -2.38. The molecule has 2 aromatic rings. The molecule has 1 amide bonds. The van der Waals surface area contributed by atoms with Crippen LogP contribution in [0.3, 0.4) is 0 Å². The number of aryl methyl sites for hydroxylation is 1. The van der Waals surface area contributed by atoms with Gasteiger partial charge in [-0.2, -0.15) is 0 Å². The number of carbonyl (C=O) groups is 1. The standard InChI is InChI=1S/C19H26N2O2/c1-3-21-16-10-6-4-8-14(16)12-17(21)19(23)20(2)13-15-9-5-7-11-18(15)22/h4,6,8,10,12,15,18,22H,3,5,7,9,11,13H2,1-2H3. The van der Waals surface area contributed by atoms with Gasteiger partial charge in [0.15, 0.2) is 0 Å². The van der Waals surface area contributed by atoms with Gasteiger partial charge in [-0.1, -0.05) is 31.0 Å². The number of para-hydroxylation sites is 1. The Balaban J connectivity index is 1.82. The Morgan fingerprint density at radius 2 is 2.04 bits per heavy atom. The van der Waals surface area contributed by atoms with E-state index in [1.54, 1.807) is 4.90 Å². The lowest BCUT2D eigenvalue weighted by Gasteiger charge is -2.31. The van der Waals surface area contributed by atoms with Crippen LogP contribution in [-0.2, 0) is 6.54 Å². The largest absolute Gasteiger partial charge is 0.393 e. The second-order valence-electron chi connectivity index (χ2n) is 6.63. The summed E-state index contributed by atoms with van der Waals surface area (Å²) in [6.07, 6.45) is 3.85. The lowest BCUT2D eigenvalue weighted by molar-refractivity contribution is 0.0447. The summed E-state index contributed by atoms with van der Waals surface area (Å²) in [6, 6.07) is 10.1. The number of benzene rings is 1. The average molecular weight is 314 g/mol. The molecule has 2 atom stereocenters. The van der Waals surface area contributed by atoms with E-state index in [1.807, 2.05) is 31.3 Å². The summed E-state index contributed by atoms with van der Waals surface area (Å²) in [5, 5.41) is 11.2. The van der Waals surface area contributed by atoms with Crippen molar-refractivity contribution in [3.8, 4) is 0 Å². The topological polar surface area (TPSA) is 45.5 Å². The summed E-state index contributed by atoms with van der Waals surface area (Å²) in [5.41, 5.74) is 1.84. The normalized spacial score (nSPS) is 21.5. The molecule has 23 heavy (non-hydrogen) atoms. The summed E-state index contributed by atoms with van der Waals surface area (Å²) in [6.45, 7) is 3.47. The highest BCUT2D eigenvalue weighted by atomic mass is 16.3. The molecule has 1 N–H and O–H groups in total. The van der Waals surface area contributed by atoms with Gasteiger partial charge >= 0.3 is 0 Å². The maximum atomic E-state index is 12.9. The third-order valence-electron chi connectivity index (χ3n) is 5.07. The van der Waals surface area contributed by atoms with Crippen LogP contribution in [0.15, 0.2) is 30.3 Å². The van der Waals surface area contributed by atoms with Crippen LogP contribution in [0.5, 0.6) is 0 Å². The summed E-state index contributed by atoms with van der Waals surface area (Å²) in [7, 11) is 1.85. The Bertz CT molecular complexity index is 692. The van der Waals surface area contributed by atoms with Crippen LogP contribution in [0.2, 0.25) is 0 Å². The van der Waals surface area contributed by atoms with E-state index >= 15 is 0 Å². The van der Waals surface area contributed by atoms with E-state index in [4.69, 9.17) is 0 Å². The monoisotopic (exact) mass is 314 g/mol. The molecule has 4 nitrogen and oxygen atoms in total. The summed E-state index contributed by atoms with van der Waals surface area (Å²) < 4.78 is 2.07. The molecular weight excluding hydrogens is 288 g/mol. The highest BCUT2D eigenvalue weighted by molar-refractivity contribution is 5.98. The molecule has 2 unspecified atom stereocenters. The van der Waals surface area contributed by atoms with Crippen molar-refractivity contribution >= 4 is 16.8 Å². The molecule has 0 aliphatic heterocycles. The molecule has 124 valence electrons. The molecule has 1 aromatic carbocycles. The molecule has 0 saturated heterocycles. The molecule has 1 aromatic heterocycles. The first-order chi connectivity index (χ1) is 11.1. The van der Waals surface area contributed by atoms with E-state index in [1.165, 1.54) is 0 Å². The fraction of sp³-hybridized carbons (Fsp3) is 0.526. The first-order valence-corrected chi connectivity index (χ1v) is 8.63. The number of rotatable bonds is 4. The van der Waals surface area contributed by atoms with Crippen molar-refractivity contribution in [2.75, 3.05) is 13.6 Å². The highest BCUT2D eigenvalue weighted by Crippen LogP contribution is 2.26. The van der Waals surface area contributed by atoms with Gasteiger partial charge < -0.3 is 14.6 Å². The molecule has 4 heteroatoms. The molecular formula is C19H26N2O2. The second kappa shape index (κ2) is 6.75. The van der Waals surface area contributed by atoms with E-state index in [0.29, 0.717) is 6.54 Å². The zero-order valence-electron chi connectivity index (χ0n) is 14.0. The number of fused-ring (bicyclic) bond motifs is 1. The minimum Gasteiger partial charge on any atom is -0.393 e. The third-order valence-corrected chi connectivity index (χ3v) is 5.07. The van der Waals surface area contributed by atoms with Crippen LogP contribution in [0.1, 0.15) is 43.1 Å². The van der Waals surface area contributed by atoms with Crippen molar-refractivity contribution in [1.29, 1.82) is 0 Å². The molecule has 0 radical (unpaired) electrons. The number of hydrogen-bond donors (Lipinski definition) is 1. The predicted molar refractivity (Wildman–Crippen MR) is 92.5 cm³/mol. The fourth-order valence-electron chi connectivity index (χ4n) is 3.76. The molecule has 1 heterocycles. The molecule has 1 fully saturated rings. The van der Waals surface area contributed by atoms with Crippen LogP contribution in [0.25, 0.3) is 10.9 Å². The minimum atomic E-state index is -0.268. The zero-order valence-corrected chi connectivity index (χ0v) is 14.0. The number of nitrogens with zero attached hydrogens (tertiary/aromatic N) is 2. The fourth-order valence-corrected chi connectivity index (χ4v) is 3.76. The number of aliphatic hydroxyl groups excluding tert-OH is 1. The van der Waals surface area contributed by atoms with Crippen molar-refractivity contribution in [1.82, 2.24) is 9.47 Å². The van der Waals surface area contributed by atoms with E-state index in [0.717, 1.165) is 48.8 Å². The zero-order chi connectivity index (χ0) is 16.4. The summed E-state index contributed by atoms with van der Waals surface area (Å²) in [5.74, 6) is 0.248. The van der Waals surface area contributed by atoms with Gasteiger partial charge in [-0.3, -0.25) is 4.79 Å². The first-order valence-electron chi connectivity index (χ1n) is 8.63. The number of carbonyl (C=O) groups excluding carboxylic acids is 1. The molecule has 0 bridgehead atoms. The minimum absolute atomic E-state index is 0.0424. The quantitative estimate of drug-likeness (QED) is 0.941. The van der Waals surface area contributed by atoms with Gasteiger partial charge in [-0.15, -0.1) is 0 Å². The number of hydrogen-bond acceptors (Lipinski definition) is 2. The maximum absolute atomic E-state index is 12.9. The summed E-state index contributed by atoms with van der Waals surface area (Å²) in [4.78, 5) is 14.7. The average Bonchev–Trinajstić information content (AvgIpc) is 2.94. The summed E-state index contributed by atoms with van der Waals surface area (Å²) >= 11 is 0. The van der Waals surface area contributed by atoms with Crippen molar-refractivity contribution < 1.29 is 9.90 Å². The molecule has 1 aliphatic carbocycles. The third kappa shape index (κ3) is 3.13. The van der Waals surface area contributed by atoms with E-state index in [9.17, 15) is 9.90 Å². The number of amides is 1. The first kappa shape index (κ1) is 16.1. The smallest absolute Gasteiger partial charge is 0.270 e.